The SMILES string of the molecule is CC1C(C(=O)O)CCN1C(=O)Cn1cc([N+](=O)[O-])cn1. The minimum atomic E-state index is -0.914. The Hall–Kier alpha value is -2.45. The molecule has 0 aromatic carbocycles. The van der Waals surface area contributed by atoms with E-state index in [1.54, 1.807) is 6.92 Å². The Balaban J connectivity index is 2.01. The van der Waals surface area contributed by atoms with E-state index in [0.29, 0.717) is 13.0 Å². The molecule has 20 heavy (non-hydrogen) atoms. The fourth-order valence-electron chi connectivity index (χ4n) is 2.38. The Morgan fingerprint density at radius 1 is 1.60 bits per heavy atom. The van der Waals surface area contributed by atoms with Gasteiger partial charge in [0.05, 0.1) is 10.8 Å². The first-order valence-electron chi connectivity index (χ1n) is 6.09. The maximum absolute atomic E-state index is 12.1. The van der Waals surface area contributed by atoms with Gasteiger partial charge in [0.15, 0.2) is 0 Å². The lowest BCUT2D eigenvalue weighted by molar-refractivity contribution is -0.385. The lowest BCUT2D eigenvalue weighted by Gasteiger charge is -2.23. The fourth-order valence-corrected chi connectivity index (χ4v) is 2.38. The third-order valence-corrected chi connectivity index (χ3v) is 3.52. The van der Waals surface area contributed by atoms with Crippen molar-refractivity contribution < 1.29 is 19.6 Å². The summed E-state index contributed by atoms with van der Waals surface area (Å²) in [5.41, 5.74) is -0.185. The Labute approximate surface area is 113 Å². The van der Waals surface area contributed by atoms with Gasteiger partial charge in [-0.1, -0.05) is 0 Å². The first kappa shape index (κ1) is 14.0. The third-order valence-electron chi connectivity index (χ3n) is 3.52. The molecule has 108 valence electrons. The predicted molar refractivity (Wildman–Crippen MR) is 65.8 cm³/mol. The van der Waals surface area contributed by atoms with Crippen LogP contribution >= 0.6 is 0 Å². The zero-order valence-electron chi connectivity index (χ0n) is 10.8. The molecule has 2 rings (SSSR count). The van der Waals surface area contributed by atoms with Gasteiger partial charge in [0.25, 0.3) is 0 Å². The van der Waals surface area contributed by atoms with Crippen LogP contribution in [-0.4, -0.2) is 49.2 Å². The zero-order chi connectivity index (χ0) is 14.9. The number of carbonyl (C=O) groups excluding carboxylic acids is 1. The molecule has 1 aliphatic heterocycles. The number of nitrogens with zero attached hydrogens (tertiary/aromatic N) is 4. The van der Waals surface area contributed by atoms with Gasteiger partial charge < -0.3 is 10.0 Å². The number of likely N-dealkylation sites (tertiary alicyclic amines) is 1. The van der Waals surface area contributed by atoms with Gasteiger partial charge in [-0.05, 0) is 13.3 Å². The smallest absolute Gasteiger partial charge is 0.308 e. The van der Waals surface area contributed by atoms with Crippen molar-refractivity contribution in [1.82, 2.24) is 14.7 Å². The van der Waals surface area contributed by atoms with Crippen LogP contribution in [0.5, 0.6) is 0 Å². The molecule has 0 aliphatic carbocycles. The zero-order valence-corrected chi connectivity index (χ0v) is 10.8. The number of nitro groups is 1. The molecule has 1 fully saturated rings. The summed E-state index contributed by atoms with van der Waals surface area (Å²) >= 11 is 0. The van der Waals surface area contributed by atoms with Crippen molar-refractivity contribution >= 4 is 17.6 Å². The van der Waals surface area contributed by atoms with Gasteiger partial charge in [-0.3, -0.25) is 24.4 Å². The lowest BCUT2D eigenvalue weighted by atomic mass is 10.0. The Bertz CT molecular complexity index is 555. The quantitative estimate of drug-likeness (QED) is 0.618. The van der Waals surface area contributed by atoms with Crippen LogP contribution < -0.4 is 0 Å². The van der Waals surface area contributed by atoms with E-state index in [-0.39, 0.29) is 24.2 Å². The highest BCUT2D eigenvalue weighted by Gasteiger charge is 2.38. The van der Waals surface area contributed by atoms with Gasteiger partial charge in [0.2, 0.25) is 5.91 Å². The van der Waals surface area contributed by atoms with Crippen molar-refractivity contribution in [3.8, 4) is 0 Å². The summed E-state index contributed by atoms with van der Waals surface area (Å²) in [6.07, 6.45) is 2.66. The van der Waals surface area contributed by atoms with E-state index in [9.17, 15) is 19.7 Å². The van der Waals surface area contributed by atoms with Gasteiger partial charge >= 0.3 is 11.7 Å². The number of hydrogen-bond donors (Lipinski definition) is 1. The second-order valence-corrected chi connectivity index (χ2v) is 4.71. The van der Waals surface area contributed by atoms with Crippen LogP contribution in [0.4, 0.5) is 5.69 Å². The summed E-state index contributed by atoms with van der Waals surface area (Å²) in [7, 11) is 0. The summed E-state index contributed by atoms with van der Waals surface area (Å²) in [5, 5.41) is 23.3. The van der Waals surface area contributed by atoms with Crippen LogP contribution in [0.15, 0.2) is 12.4 Å². The average Bonchev–Trinajstić information content (AvgIpc) is 2.95. The molecule has 1 amide bonds. The van der Waals surface area contributed by atoms with Crippen molar-refractivity contribution in [3.63, 3.8) is 0 Å². The molecular weight excluding hydrogens is 268 g/mol. The summed E-state index contributed by atoms with van der Waals surface area (Å²) in [6, 6.07) is -0.384. The second-order valence-electron chi connectivity index (χ2n) is 4.71. The number of aliphatic carboxylic acids is 1. The largest absolute Gasteiger partial charge is 0.481 e. The van der Waals surface area contributed by atoms with Crippen LogP contribution in [0.1, 0.15) is 13.3 Å². The lowest BCUT2D eigenvalue weighted by Crippen LogP contribution is -2.39. The highest BCUT2D eigenvalue weighted by molar-refractivity contribution is 5.79. The molecule has 1 N–H and O–H groups in total. The molecule has 9 nitrogen and oxygen atoms in total. The standard InChI is InChI=1S/C11H14N4O5/c1-7-9(11(17)18)2-3-14(7)10(16)6-13-5-8(4-12-13)15(19)20/h4-5,7,9H,2-3,6H2,1H3,(H,17,18). The monoisotopic (exact) mass is 282 g/mol. The molecule has 9 heteroatoms. The molecule has 0 spiro atoms. The fraction of sp³-hybridized carbons (Fsp3) is 0.545. The number of amides is 1. The average molecular weight is 282 g/mol. The van der Waals surface area contributed by atoms with Gasteiger partial charge in [-0.15, -0.1) is 0 Å². The van der Waals surface area contributed by atoms with E-state index in [1.165, 1.54) is 15.8 Å². The molecule has 2 unspecified atom stereocenters. The molecule has 0 saturated carbocycles. The van der Waals surface area contributed by atoms with E-state index in [2.05, 4.69) is 5.10 Å². The van der Waals surface area contributed by atoms with E-state index in [1.807, 2.05) is 0 Å². The molecule has 0 radical (unpaired) electrons. The summed E-state index contributed by atoms with van der Waals surface area (Å²) in [6.45, 7) is 1.93. The topological polar surface area (TPSA) is 119 Å². The van der Waals surface area contributed by atoms with Gasteiger partial charge in [-0.2, -0.15) is 5.10 Å². The van der Waals surface area contributed by atoms with E-state index >= 15 is 0 Å². The summed E-state index contributed by atoms with van der Waals surface area (Å²) in [5.74, 6) is -1.77. The van der Waals surface area contributed by atoms with Crippen molar-refractivity contribution in [2.24, 2.45) is 5.92 Å². The highest BCUT2D eigenvalue weighted by atomic mass is 16.6. The first-order chi connectivity index (χ1) is 9.40. The van der Waals surface area contributed by atoms with Gasteiger partial charge in [-0.25, -0.2) is 0 Å². The van der Waals surface area contributed by atoms with Crippen LogP contribution in [0.2, 0.25) is 0 Å². The Morgan fingerprint density at radius 3 is 2.80 bits per heavy atom. The third kappa shape index (κ3) is 2.60. The van der Waals surface area contributed by atoms with Crippen LogP contribution in [0, 0.1) is 16.0 Å². The summed E-state index contributed by atoms with van der Waals surface area (Å²) in [4.78, 5) is 34.5. The van der Waals surface area contributed by atoms with Crippen molar-refractivity contribution in [1.29, 1.82) is 0 Å². The molecule has 1 saturated heterocycles. The Morgan fingerprint density at radius 2 is 2.30 bits per heavy atom. The summed E-state index contributed by atoms with van der Waals surface area (Å²) < 4.78 is 1.18. The highest BCUT2D eigenvalue weighted by Crippen LogP contribution is 2.24. The minimum absolute atomic E-state index is 0.134. The molecular formula is C11H14N4O5. The van der Waals surface area contributed by atoms with Gasteiger partial charge in [0.1, 0.15) is 18.9 Å². The minimum Gasteiger partial charge on any atom is -0.481 e. The number of rotatable bonds is 4. The number of carboxylic acid groups (broad SMARTS) is 1. The number of aromatic nitrogens is 2. The van der Waals surface area contributed by atoms with E-state index in [0.717, 1.165) is 6.20 Å². The van der Waals surface area contributed by atoms with Crippen LogP contribution in [-0.2, 0) is 16.1 Å². The normalized spacial score (nSPS) is 21.9. The molecule has 1 aromatic heterocycles. The number of carbonyl (C=O) groups is 2. The van der Waals surface area contributed by atoms with E-state index < -0.39 is 16.8 Å². The molecule has 0 bridgehead atoms. The van der Waals surface area contributed by atoms with Crippen LogP contribution in [0.3, 0.4) is 0 Å². The van der Waals surface area contributed by atoms with Crippen molar-refractivity contribution in [2.45, 2.75) is 25.9 Å². The molecule has 1 aliphatic rings. The van der Waals surface area contributed by atoms with E-state index in [4.69, 9.17) is 5.11 Å². The first-order valence-corrected chi connectivity index (χ1v) is 6.09. The molecule has 2 heterocycles. The maximum Gasteiger partial charge on any atom is 0.308 e. The number of hydrogen-bond acceptors (Lipinski definition) is 5. The van der Waals surface area contributed by atoms with Crippen molar-refractivity contribution in [3.05, 3.63) is 22.5 Å². The van der Waals surface area contributed by atoms with Crippen molar-refractivity contribution in [2.75, 3.05) is 6.54 Å². The molecule has 1 aromatic rings. The van der Waals surface area contributed by atoms with Crippen LogP contribution in [0.25, 0.3) is 0 Å². The molecule has 2 atom stereocenters. The number of carboxylic acids is 1. The Kier molecular flexibility index (Phi) is 3.68. The maximum atomic E-state index is 12.1. The second kappa shape index (κ2) is 5.27. The van der Waals surface area contributed by atoms with Gasteiger partial charge in [0, 0.05) is 12.6 Å². The predicted octanol–water partition coefficient (Wildman–Crippen LogP) is 0.113.